The average molecular weight is 400 g/mol. The maximum absolute atomic E-state index is 13.1. The van der Waals surface area contributed by atoms with Gasteiger partial charge in [0.05, 0.1) is 17.5 Å². The Kier molecular flexibility index (Phi) is 4.35. The number of hydrogen-bond acceptors (Lipinski definition) is 3. The highest BCUT2D eigenvalue weighted by molar-refractivity contribution is 6.22. The summed E-state index contributed by atoms with van der Waals surface area (Å²) in [5.74, 6) is -0.531. The van der Waals surface area contributed by atoms with Gasteiger partial charge in [0.15, 0.2) is 0 Å². The number of amides is 3. The summed E-state index contributed by atoms with van der Waals surface area (Å²) in [5.41, 5.74) is 3.84. The minimum absolute atomic E-state index is 0.100. The van der Waals surface area contributed by atoms with Crippen molar-refractivity contribution < 1.29 is 14.4 Å². The van der Waals surface area contributed by atoms with Gasteiger partial charge in [-0.05, 0) is 73.9 Å². The predicted octanol–water partition coefficient (Wildman–Crippen LogP) is 4.26. The second-order valence-corrected chi connectivity index (χ2v) is 8.62. The van der Waals surface area contributed by atoms with Crippen LogP contribution in [0.15, 0.2) is 54.6 Å². The molecule has 5 nitrogen and oxygen atoms in total. The van der Waals surface area contributed by atoms with Gasteiger partial charge >= 0.3 is 0 Å². The van der Waals surface area contributed by atoms with E-state index in [9.17, 15) is 14.4 Å². The van der Waals surface area contributed by atoms with Crippen molar-refractivity contribution in [1.29, 1.82) is 0 Å². The number of hydrogen-bond donors (Lipinski definition) is 1. The van der Waals surface area contributed by atoms with Gasteiger partial charge in [-0.3, -0.25) is 19.3 Å². The first-order chi connectivity index (χ1) is 14.5. The van der Waals surface area contributed by atoms with Crippen LogP contribution in [0.25, 0.3) is 0 Å². The van der Waals surface area contributed by atoms with E-state index < -0.39 is 0 Å². The lowest BCUT2D eigenvalue weighted by atomic mass is 9.63. The second kappa shape index (κ2) is 6.94. The monoisotopic (exact) mass is 400 g/mol. The number of fused-ring (bicyclic) bond motifs is 1. The third-order valence-electron chi connectivity index (χ3n) is 6.87. The zero-order valence-electron chi connectivity index (χ0n) is 17.1. The van der Waals surface area contributed by atoms with Gasteiger partial charge in [0.2, 0.25) is 11.8 Å². The Morgan fingerprint density at radius 3 is 1.90 bits per heavy atom. The summed E-state index contributed by atoms with van der Waals surface area (Å²) < 4.78 is 0. The third-order valence-corrected chi connectivity index (χ3v) is 6.87. The lowest BCUT2D eigenvalue weighted by Gasteiger charge is -2.38. The van der Waals surface area contributed by atoms with Crippen LogP contribution >= 0.6 is 0 Å². The number of para-hydroxylation sites is 1. The summed E-state index contributed by atoms with van der Waals surface area (Å²) in [7, 11) is 0. The molecule has 3 aliphatic carbocycles. The topological polar surface area (TPSA) is 66.5 Å². The molecule has 5 heteroatoms. The molecule has 1 heterocycles. The molecule has 3 amide bonds. The van der Waals surface area contributed by atoms with Gasteiger partial charge in [-0.1, -0.05) is 30.4 Å². The van der Waals surface area contributed by atoms with E-state index in [0.29, 0.717) is 11.3 Å². The van der Waals surface area contributed by atoms with Gasteiger partial charge in [-0.25, -0.2) is 0 Å². The SMILES string of the molecule is Cc1cccc(C)c1NC(=O)c1ccc(N2C(=O)C3C4C=CC(CC4)C3C2=O)cc1. The summed E-state index contributed by atoms with van der Waals surface area (Å²) in [6.45, 7) is 3.91. The van der Waals surface area contributed by atoms with Gasteiger partial charge in [-0.2, -0.15) is 0 Å². The fourth-order valence-corrected chi connectivity index (χ4v) is 5.29. The van der Waals surface area contributed by atoms with E-state index in [0.717, 1.165) is 29.7 Å². The Morgan fingerprint density at radius 2 is 1.40 bits per heavy atom. The fourth-order valence-electron chi connectivity index (χ4n) is 5.29. The highest BCUT2D eigenvalue weighted by Crippen LogP contribution is 2.50. The molecule has 1 saturated carbocycles. The van der Waals surface area contributed by atoms with Crippen LogP contribution in [0.4, 0.5) is 11.4 Å². The number of nitrogens with zero attached hydrogens (tertiary/aromatic N) is 1. The zero-order chi connectivity index (χ0) is 21.0. The minimum atomic E-state index is -0.228. The summed E-state index contributed by atoms with van der Waals surface area (Å²) in [6, 6.07) is 12.6. The largest absolute Gasteiger partial charge is 0.322 e. The molecule has 4 unspecified atom stereocenters. The van der Waals surface area contributed by atoms with E-state index in [1.165, 1.54) is 4.90 Å². The van der Waals surface area contributed by atoms with Gasteiger partial charge in [0.1, 0.15) is 0 Å². The Labute approximate surface area is 175 Å². The zero-order valence-corrected chi connectivity index (χ0v) is 17.1. The van der Waals surface area contributed by atoms with Crippen LogP contribution in [-0.2, 0) is 9.59 Å². The second-order valence-electron chi connectivity index (χ2n) is 8.62. The molecule has 2 aromatic carbocycles. The van der Waals surface area contributed by atoms with E-state index >= 15 is 0 Å². The van der Waals surface area contributed by atoms with E-state index in [1.807, 2.05) is 32.0 Å². The quantitative estimate of drug-likeness (QED) is 0.618. The van der Waals surface area contributed by atoms with Crippen LogP contribution in [0.1, 0.15) is 34.3 Å². The predicted molar refractivity (Wildman–Crippen MR) is 115 cm³/mol. The normalized spacial score (nSPS) is 26.8. The summed E-state index contributed by atoms with van der Waals surface area (Å²) in [4.78, 5) is 40.2. The molecular formula is C25H24N2O3. The molecule has 1 saturated heterocycles. The van der Waals surface area contributed by atoms with Crippen LogP contribution in [0.2, 0.25) is 0 Å². The number of imide groups is 1. The van der Waals surface area contributed by atoms with Gasteiger partial charge in [0, 0.05) is 11.3 Å². The molecule has 152 valence electrons. The smallest absolute Gasteiger partial charge is 0.255 e. The Morgan fingerprint density at radius 1 is 0.867 bits per heavy atom. The molecule has 6 rings (SSSR count). The van der Waals surface area contributed by atoms with E-state index in [1.54, 1.807) is 24.3 Å². The van der Waals surface area contributed by atoms with Crippen LogP contribution in [0, 0.1) is 37.5 Å². The molecule has 2 bridgehead atoms. The van der Waals surface area contributed by atoms with Crippen molar-refractivity contribution in [1.82, 2.24) is 0 Å². The van der Waals surface area contributed by atoms with E-state index in [4.69, 9.17) is 0 Å². The first kappa shape index (κ1) is 18.8. The maximum Gasteiger partial charge on any atom is 0.255 e. The number of anilines is 2. The lowest BCUT2D eigenvalue weighted by molar-refractivity contribution is -0.124. The molecule has 0 aromatic heterocycles. The van der Waals surface area contributed by atoms with Crippen LogP contribution < -0.4 is 10.2 Å². The number of carbonyl (C=O) groups excluding carboxylic acids is 3. The molecule has 4 aliphatic rings. The van der Waals surface area contributed by atoms with Crippen molar-refractivity contribution in [2.24, 2.45) is 23.7 Å². The number of benzene rings is 2. The number of nitrogens with one attached hydrogen (secondary N) is 1. The number of aryl methyl sites for hydroxylation is 2. The van der Waals surface area contributed by atoms with E-state index in [-0.39, 0.29) is 41.4 Å². The number of carbonyl (C=O) groups is 3. The first-order valence-corrected chi connectivity index (χ1v) is 10.5. The van der Waals surface area contributed by atoms with Crippen molar-refractivity contribution in [2.45, 2.75) is 26.7 Å². The minimum Gasteiger partial charge on any atom is -0.322 e. The van der Waals surface area contributed by atoms with E-state index in [2.05, 4.69) is 17.5 Å². The molecule has 0 spiro atoms. The molecule has 2 fully saturated rings. The Bertz CT molecular complexity index is 1030. The fraction of sp³-hybridized carbons (Fsp3) is 0.320. The molecule has 30 heavy (non-hydrogen) atoms. The molecule has 4 atom stereocenters. The third kappa shape index (κ3) is 2.80. The Balaban J connectivity index is 1.37. The summed E-state index contributed by atoms with van der Waals surface area (Å²) in [6.07, 6.45) is 6.19. The standard InChI is InChI=1S/C25H24N2O3/c1-14-4-3-5-15(2)22(14)26-23(28)18-10-12-19(13-11-18)27-24(29)20-16-6-7-17(9-8-16)21(20)25(27)30/h3-7,10-13,16-17,20-21H,8-9H2,1-2H3,(H,26,28). The average Bonchev–Trinajstić information content (AvgIpc) is 3.04. The number of allylic oxidation sites excluding steroid dienone is 2. The van der Waals surface area contributed by atoms with Crippen molar-refractivity contribution >= 4 is 29.1 Å². The van der Waals surface area contributed by atoms with Crippen molar-refractivity contribution in [3.05, 3.63) is 71.3 Å². The van der Waals surface area contributed by atoms with Crippen molar-refractivity contribution in [2.75, 3.05) is 10.2 Å². The van der Waals surface area contributed by atoms with Gasteiger partial charge < -0.3 is 5.32 Å². The molecule has 1 aliphatic heterocycles. The van der Waals surface area contributed by atoms with Crippen molar-refractivity contribution in [3.8, 4) is 0 Å². The highest BCUT2D eigenvalue weighted by Gasteiger charge is 2.56. The van der Waals surface area contributed by atoms with Gasteiger partial charge in [-0.15, -0.1) is 0 Å². The molecule has 0 radical (unpaired) electrons. The van der Waals surface area contributed by atoms with Crippen LogP contribution in [0.3, 0.4) is 0 Å². The summed E-state index contributed by atoms with van der Waals surface area (Å²) in [5, 5.41) is 2.97. The number of rotatable bonds is 3. The molecular weight excluding hydrogens is 376 g/mol. The van der Waals surface area contributed by atoms with Gasteiger partial charge in [0.25, 0.3) is 5.91 Å². The van der Waals surface area contributed by atoms with Crippen LogP contribution in [-0.4, -0.2) is 17.7 Å². The lowest BCUT2D eigenvalue weighted by Crippen LogP contribution is -2.38. The molecule has 1 N–H and O–H groups in total. The summed E-state index contributed by atoms with van der Waals surface area (Å²) >= 11 is 0. The molecule has 2 aromatic rings. The first-order valence-electron chi connectivity index (χ1n) is 10.5. The van der Waals surface area contributed by atoms with Crippen LogP contribution in [0.5, 0.6) is 0 Å². The van der Waals surface area contributed by atoms with Crippen molar-refractivity contribution in [3.63, 3.8) is 0 Å². The Hall–Kier alpha value is -3.21. The maximum atomic E-state index is 13.1. The highest BCUT2D eigenvalue weighted by atomic mass is 16.2.